The predicted octanol–water partition coefficient (Wildman–Crippen LogP) is 3.59. The molecule has 0 bridgehead atoms. The van der Waals surface area contributed by atoms with Gasteiger partial charge >= 0.3 is 5.97 Å². The summed E-state index contributed by atoms with van der Waals surface area (Å²) in [6.07, 6.45) is 2.58. The summed E-state index contributed by atoms with van der Waals surface area (Å²) in [5.41, 5.74) is 2.38. The average Bonchev–Trinajstić information content (AvgIpc) is 2.37. The Morgan fingerprint density at radius 3 is 2.39 bits per heavy atom. The van der Waals surface area contributed by atoms with Crippen molar-refractivity contribution < 1.29 is 14.3 Å². The molecule has 1 N–H and O–H groups in total. The van der Waals surface area contributed by atoms with Gasteiger partial charge in [0.25, 0.3) is 0 Å². The van der Waals surface area contributed by atoms with Gasteiger partial charge in [0, 0.05) is 6.08 Å². The highest BCUT2D eigenvalue weighted by molar-refractivity contribution is 5.85. The van der Waals surface area contributed by atoms with Gasteiger partial charge in [0.1, 0.15) is 5.82 Å². The summed E-state index contributed by atoms with van der Waals surface area (Å²) in [6, 6.07) is 13.6. The highest BCUT2D eigenvalue weighted by Crippen LogP contribution is 2.21. The predicted molar refractivity (Wildman–Crippen MR) is 68.5 cm³/mol. The molecular formula is C15H11FO2. The Balaban J connectivity index is 2.35. The fourth-order valence-electron chi connectivity index (χ4n) is 1.66. The Labute approximate surface area is 104 Å². The molecule has 3 heteroatoms. The molecular weight excluding hydrogens is 231 g/mol. The van der Waals surface area contributed by atoms with Gasteiger partial charge in [-0.2, -0.15) is 0 Å². The molecule has 0 unspecified atom stereocenters. The Morgan fingerprint density at radius 2 is 1.72 bits per heavy atom. The molecule has 2 rings (SSSR count). The first-order valence-electron chi connectivity index (χ1n) is 5.42. The number of carboxylic acids is 1. The van der Waals surface area contributed by atoms with Gasteiger partial charge in [-0.1, -0.05) is 30.3 Å². The van der Waals surface area contributed by atoms with E-state index >= 15 is 0 Å². The molecule has 0 heterocycles. The number of hydrogen-bond donors (Lipinski definition) is 1. The summed E-state index contributed by atoms with van der Waals surface area (Å²) < 4.78 is 13.1. The number of halogens is 1. The second-order valence-corrected chi connectivity index (χ2v) is 3.81. The highest BCUT2D eigenvalue weighted by atomic mass is 19.1. The summed E-state index contributed by atoms with van der Waals surface area (Å²) in [4.78, 5) is 10.4. The van der Waals surface area contributed by atoms with Crippen molar-refractivity contribution in [3.8, 4) is 11.1 Å². The van der Waals surface area contributed by atoms with Crippen LogP contribution in [0.5, 0.6) is 0 Å². The number of rotatable bonds is 3. The van der Waals surface area contributed by atoms with Crippen molar-refractivity contribution in [1.29, 1.82) is 0 Å². The van der Waals surface area contributed by atoms with Crippen LogP contribution in [0.1, 0.15) is 5.56 Å². The normalized spacial score (nSPS) is 10.7. The van der Waals surface area contributed by atoms with Gasteiger partial charge in [-0.05, 0) is 41.0 Å². The maximum absolute atomic E-state index is 13.1. The molecule has 90 valence electrons. The number of benzene rings is 2. The summed E-state index contributed by atoms with van der Waals surface area (Å²) >= 11 is 0. The van der Waals surface area contributed by atoms with Gasteiger partial charge < -0.3 is 5.11 Å². The van der Waals surface area contributed by atoms with Crippen molar-refractivity contribution in [2.24, 2.45) is 0 Å². The minimum Gasteiger partial charge on any atom is -0.478 e. The van der Waals surface area contributed by atoms with E-state index in [1.165, 1.54) is 18.2 Å². The highest BCUT2D eigenvalue weighted by Gasteiger charge is 1.99. The molecule has 0 atom stereocenters. The third kappa shape index (κ3) is 3.04. The van der Waals surface area contributed by atoms with E-state index in [4.69, 9.17) is 5.11 Å². The molecule has 18 heavy (non-hydrogen) atoms. The molecule has 0 fully saturated rings. The van der Waals surface area contributed by atoms with Crippen LogP contribution in [-0.2, 0) is 4.79 Å². The first kappa shape index (κ1) is 12.0. The molecule has 2 aromatic carbocycles. The fraction of sp³-hybridized carbons (Fsp3) is 0. The van der Waals surface area contributed by atoms with Crippen molar-refractivity contribution in [2.45, 2.75) is 0 Å². The minimum absolute atomic E-state index is 0.293. The molecule has 0 aliphatic heterocycles. The minimum atomic E-state index is -0.994. The topological polar surface area (TPSA) is 37.3 Å². The quantitative estimate of drug-likeness (QED) is 0.835. The number of carbonyl (C=O) groups is 1. The smallest absolute Gasteiger partial charge is 0.328 e. The summed E-state index contributed by atoms with van der Waals surface area (Å²) in [7, 11) is 0. The Kier molecular flexibility index (Phi) is 3.53. The van der Waals surface area contributed by atoms with Gasteiger partial charge in [-0.15, -0.1) is 0 Å². The first-order chi connectivity index (χ1) is 8.65. The van der Waals surface area contributed by atoms with Crippen LogP contribution in [0.2, 0.25) is 0 Å². The number of aliphatic carboxylic acids is 1. The molecule has 2 nitrogen and oxygen atoms in total. The van der Waals surface area contributed by atoms with Crippen LogP contribution in [0.3, 0.4) is 0 Å². The summed E-state index contributed by atoms with van der Waals surface area (Å²) in [5, 5.41) is 8.56. The molecule has 0 radical (unpaired) electrons. The zero-order valence-corrected chi connectivity index (χ0v) is 9.51. The zero-order valence-electron chi connectivity index (χ0n) is 9.51. The molecule has 0 amide bonds. The molecule has 0 aliphatic rings. The maximum atomic E-state index is 13.1. The van der Waals surface area contributed by atoms with Crippen molar-refractivity contribution >= 4 is 12.0 Å². The molecule has 2 aromatic rings. The maximum Gasteiger partial charge on any atom is 0.328 e. The summed E-state index contributed by atoms with van der Waals surface area (Å²) in [5.74, 6) is -1.29. The van der Waals surface area contributed by atoms with E-state index in [-0.39, 0.29) is 5.82 Å². The Bertz CT molecular complexity index is 603. The second kappa shape index (κ2) is 5.27. The van der Waals surface area contributed by atoms with E-state index in [1.54, 1.807) is 12.1 Å². The van der Waals surface area contributed by atoms with Gasteiger partial charge in [0.2, 0.25) is 0 Å². The van der Waals surface area contributed by atoms with Crippen LogP contribution in [0.15, 0.2) is 54.6 Å². The van der Waals surface area contributed by atoms with E-state index in [1.807, 2.05) is 24.3 Å². The van der Waals surface area contributed by atoms with Crippen molar-refractivity contribution in [3.05, 3.63) is 66.0 Å². The number of carboxylic acid groups (broad SMARTS) is 1. The van der Waals surface area contributed by atoms with E-state index in [0.717, 1.165) is 22.8 Å². The van der Waals surface area contributed by atoms with E-state index in [0.29, 0.717) is 0 Å². The second-order valence-electron chi connectivity index (χ2n) is 3.81. The fourth-order valence-corrected chi connectivity index (χ4v) is 1.66. The van der Waals surface area contributed by atoms with Crippen LogP contribution >= 0.6 is 0 Å². The Hall–Kier alpha value is -2.42. The van der Waals surface area contributed by atoms with E-state index < -0.39 is 5.97 Å². The lowest BCUT2D eigenvalue weighted by molar-refractivity contribution is -0.131. The molecule has 0 saturated heterocycles. The average molecular weight is 242 g/mol. The van der Waals surface area contributed by atoms with Gasteiger partial charge in [-0.25, -0.2) is 9.18 Å². The number of hydrogen-bond acceptors (Lipinski definition) is 1. The Morgan fingerprint density at radius 1 is 1.06 bits per heavy atom. The van der Waals surface area contributed by atoms with Crippen LogP contribution in [-0.4, -0.2) is 11.1 Å². The van der Waals surface area contributed by atoms with Crippen molar-refractivity contribution in [2.75, 3.05) is 0 Å². The monoisotopic (exact) mass is 242 g/mol. The summed E-state index contributed by atoms with van der Waals surface area (Å²) in [6.45, 7) is 0. The van der Waals surface area contributed by atoms with E-state index in [2.05, 4.69) is 0 Å². The van der Waals surface area contributed by atoms with Crippen LogP contribution in [0.4, 0.5) is 4.39 Å². The third-order valence-electron chi connectivity index (χ3n) is 2.46. The van der Waals surface area contributed by atoms with Crippen molar-refractivity contribution in [3.63, 3.8) is 0 Å². The van der Waals surface area contributed by atoms with Crippen molar-refractivity contribution in [1.82, 2.24) is 0 Å². The zero-order chi connectivity index (χ0) is 13.0. The van der Waals surface area contributed by atoms with Crippen LogP contribution in [0, 0.1) is 5.82 Å². The van der Waals surface area contributed by atoms with Crippen LogP contribution < -0.4 is 0 Å². The molecule has 0 saturated carbocycles. The lowest BCUT2D eigenvalue weighted by Crippen LogP contribution is -1.86. The molecule has 0 spiro atoms. The van der Waals surface area contributed by atoms with Gasteiger partial charge in [-0.3, -0.25) is 0 Å². The lowest BCUT2D eigenvalue weighted by atomic mass is 10.0. The molecule has 0 aromatic heterocycles. The van der Waals surface area contributed by atoms with Gasteiger partial charge in [0.05, 0.1) is 0 Å². The van der Waals surface area contributed by atoms with E-state index in [9.17, 15) is 9.18 Å². The standard InChI is InChI=1S/C15H11FO2/c16-14-6-2-5-13(10-14)12-4-1-3-11(9-12)7-8-15(17)18/h1-10H,(H,17,18)/b8-7+. The SMILES string of the molecule is O=C(O)/C=C/c1cccc(-c2cccc(F)c2)c1. The lowest BCUT2D eigenvalue weighted by Gasteiger charge is -2.03. The largest absolute Gasteiger partial charge is 0.478 e. The third-order valence-corrected chi connectivity index (χ3v) is 2.46. The first-order valence-corrected chi connectivity index (χ1v) is 5.42. The van der Waals surface area contributed by atoms with Crippen LogP contribution in [0.25, 0.3) is 17.2 Å². The molecule has 0 aliphatic carbocycles. The van der Waals surface area contributed by atoms with Gasteiger partial charge in [0.15, 0.2) is 0 Å².